The maximum Gasteiger partial charge on any atom is 0.309 e. The molecule has 2 atom stereocenters. The van der Waals surface area contributed by atoms with E-state index in [-0.39, 0.29) is 30.3 Å². The predicted octanol–water partition coefficient (Wildman–Crippen LogP) is 2.29. The number of rotatable bonds is 10. The van der Waals surface area contributed by atoms with Crippen LogP contribution < -0.4 is 0 Å². The van der Waals surface area contributed by atoms with Gasteiger partial charge in [0.1, 0.15) is 6.61 Å². The van der Waals surface area contributed by atoms with E-state index in [1.807, 2.05) is 30.0 Å². The van der Waals surface area contributed by atoms with E-state index in [0.717, 1.165) is 19.3 Å². The maximum absolute atomic E-state index is 12.2. The van der Waals surface area contributed by atoms with Crippen LogP contribution >= 0.6 is 0 Å². The average molecular weight is 333 g/mol. The molecular formula is C19H27NO4. The van der Waals surface area contributed by atoms with Gasteiger partial charge in [0, 0.05) is 20.2 Å². The summed E-state index contributed by atoms with van der Waals surface area (Å²) in [6.07, 6.45) is 2.65. The highest BCUT2D eigenvalue weighted by Gasteiger charge is 2.45. The van der Waals surface area contributed by atoms with Crippen molar-refractivity contribution < 1.29 is 19.1 Å². The molecule has 2 rings (SSSR count). The third kappa shape index (κ3) is 5.64. The van der Waals surface area contributed by atoms with E-state index >= 15 is 0 Å². The van der Waals surface area contributed by atoms with Gasteiger partial charge in [-0.25, -0.2) is 0 Å². The SMILES string of the molecule is CCOC(=O)[C@@H]1C[C@@H]1CN(CCCc1ccccc1)C(=O)COC. The van der Waals surface area contributed by atoms with Crippen LogP contribution in [0.1, 0.15) is 25.3 Å². The third-order valence-electron chi connectivity index (χ3n) is 4.32. The van der Waals surface area contributed by atoms with Crippen LogP contribution in [0.3, 0.4) is 0 Å². The third-order valence-corrected chi connectivity index (χ3v) is 4.32. The molecule has 0 aromatic heterocycles. The first-order valence-corrected chi connectivity index (χ1v) is 8.63. The number of hydrogen-bond donors (Lipinski definition) is 0. The van der Waals surface area contributed by atoms with Gasteiger partial charge in [0.05, 0.1) is 12.5 Å². The van der Waals surface area contributed by atoms with Gasteiger partial charge >= 0.3 is 5.97 Å². The van der Waals surface area contributed by atoms with Gasteiger partial charge in [0.2, 0.25) is 5.91 Å². The highest BCUT2D eigenvalue weighted by atomic mass is 16.5. The molecule has 0 aliphatic heterocycles. The molecular weight excluding hydrogens is 306 g/mol. The number of aryl methyl sites for hydroxylation is 1. The van der Waals surface area contributed by atoms with Crippen molar-refractivity contribution in [1.82, 2.24) is 4.90 Å². The number of carbonyl (C=O) groups excluding carboxylic acids is 2. The second-order valence-corrected chi connectivity index (χ2v) is 6.22. The number of ether oxygens (including phenoxy) is 2. The molecule has 1 aromatic rings. The lowest BCUT2D eigenvalue weighted by Crippen LogP contribution is -2.37. The van der Waals surface area contributed by atoms with Crippen molar-refractivity contribution in [3.8, 4) is 0 Å². The molecule has 1 saturated carbocycles. The molecule has 0 bridgehead atoms. The first-order chi connectivity index (χ1) is 11.7. The van der Waals surface area contributed by atoms with Crippen molar-refractivity contribution in [3.05, 3.63) is 35.9 Å². The van der Waals surface area contributed by atoms with Gasteiger partial charge in [0.15, 0.2) is 0 Å². The molecule has 1 fully saturated rings. The molecule has 5 nitrogen and oxygen atoms in total. The summed E-state index contributed by atoms with van der Waals surface area (Å²) in [6, 6.07) is 10.2. The Hall–Kier alpha value is -1.88. The summed E-state index contributed by atoms with van der Waals surface area (Å²) >= 11 is 0. The topological polar surface area (TPSA) is 55.8 Å². The van der Waals surface area contributed by atoms with Gasteiger partial charge in [-0.05, 0) is 37.7 Å². The number of amides is 1. The van der Waals surface area contributed by atoms with Crippen LogP contribution in [0.4, 0.5) is 0 Å². The fourth-order valence-corrected chi connectivity index (χ4v) is 2.92. The molecule has 1 aliphatic rings. The summed E-state index contributed by atoms with van der Waals surface area (Å²) in [5.74, 6) is 0.0319. The minimum atomic E-state index is -0.133. The Morgan fingerprint density at radius 2 is 2.00 bits per heavy atom. The van der Waals surface area contributed by atoms with Crippen molar-refractivity contribution >= 4 is 11.9 Å². The Labute approximate surface area is 143 Å². The number of carbonyl (C=O) groups is 2. The Balaban J connectivity index is 1.82. The number of nitrogens with zero attached hydrogens (tertiary/aromatic N) is 1. The van der Waals surface area contributed by atoms with E-state index in [0.29, 0.717) is 19.7 Å². The van der Waals surface area contributed by atoms with Crippen LogP contribution in [0.15, 0.2) is 30.3 Å². The number of benzene rings is 1. The Morgan fingerprint density at radius 3 is 2.67 bits per heavy atom. The van der Waals surface area contributed by atoms with E-state index in [1.54, 1.807) is 0 Å². The molecule has 132 valence electrons. The number of methoxy groups -OCH3 is 1. The first kappa shape index (κ1) is 18.5. The van der Waals surface area contributed by atoms with Crippen molar-refractivity contribution in [2.24, 2.45) is 11.8 Å². The summed E-state index contributed by atoms with van der Waals surface area (Å²) < 4.78 is 10.0. The van der Waals surface area contributed by atoms with Gasteiger partial charge in [-0.15, -0.1) is 0 Å². The number of hydrogen-bond acceptors (Lipinski definition) is 4. The average Bonchev–Trinajstić information content (AvgIpc) is 3.35. The Morgan fingerprint density at radius 1 is 1.25 bits per heavy atom. The van der Waals surface area contributed by atoms with Gasteiger partial charge < -0.3 is 14.4 Å². The molecule has 0 radical (unpaired) electrons. The lowest BCUT2D eigenvalue weighted by molar-refractivity contribution is -0.145. The molecule has 0 unspecified atom stereocenters. The van der Waals surface area contributed by atoms with Crippen LogP contribution in [0, 0.1) is 11.8 Å². The predicted molar refractivity (Wildman–Crippen MR) is 91.4 cm³/mol. The largest absolute Gasteiger partial charge is 0.466 e. The molecule has 5 heteroatoms. The molecule has 0 spiro atoms. The van der Waals surface area contributed by atoms with E-state index in [9.17, 15) is 9.59 Å². The number of esters is 1. The quantitative estimate of drug-likeness (QED) is 0.617. The van der Waals surface area contributed by atoms with Gasteiger partial charge in [-0.1, -0.05) is 30.3 Å². The van der Waals surface area contributed by atoms with Crippen LogP contribution in [-0.4, -0.2) is 50.2 Å². The van der Waals surface area contributed by atoms with Crippen LogP contribution in [0.2, 0.25) is 0 Å². The molecule has 0 N–H and O–H groups in total. The molecule has 0 heterocycles. The summed E-state index contributed by atoms with van der Waals surface area (Å²) in [5, 5.41) is 0. The monoisotopic (exact) mass is 333 g/mol. The minimum absolute atomic E-state index is 0.0138. The van der Waals surface area contributed by atoms with Crippen molar-refractivity contribution in [2.75, 3.05) is 33.4 Å². The fraction of sp³-hybridized carbons (Fsp3) is 0.579. The zero-order valence-electron chi connectivity index (χ0n) is 14.6. The Kier molecular flexibility index (Phi) is 7.25. The molecule has 1 aromatic carbocycles. The minimum Gasteiger partial charge on any atom is -0.466 e. The maximum atomic E-state index is 12.2. The standard InChI is InChI=1S/C19H27NO4/c1-3-24-19(22)17-12-16(17)13-20(18(21)14-23-2)11-7-10-15-8-5-4-6-9-15/h4-6,8-9,16-17H,3,7,10-14H2,1-2H3/t16-,17-/m1/s1. The lowest BCUT2D eigenvalue weighted by Gasteiger charge is -2.22. The summed E-state index contributed by atoms with van der Waals surface area (Å²) in [7, 11) is 1.53. The van der Waals surface area contributed by atoms with E-state index in [4.69, 9.17) is 9.47 Å². The van der Waals surface area contributed by atoms with E-state index in [1.165, 1.54) is 12.7 Å². The zero-order valence-corrected chi connectivity index (χ0v) is 14.6. The second-order valence-electron chi connectivity index (χ2n) is 6.22. The van der Waals surface area contributed by atoms with E-state index in [2.05, 4.69) is 12.1 Å². The lowest BCUT2D eigenvalue weighted by atomic mass is 10.1. The summed E-state index contributed by atoms with van der Waals surface area (Å²) in [5.41, 5.74) is 1.27. The molecule has 1 aliphatic carbocycles. The highest BCUT2D eigenvalue weighted by molar-refractivity contribution is 5.78. The molecule has 0 saturated heterocycles. The summed E-state index contributed by atoms with van der Waals surface area (Å²) in [6.45, 7) is 3.60. The van der Waals surface area contributed by atoms with E-state index < -0.39 is 0 Å². The van der Waals surface area contributed by atoms with Crippen molar-refractivity contribution in [1.29, 1.82) is 0 Å². The highest BCUT2D eigenvalue weighted by Crippen LogP contribution is 2.40. The zero-order chi connectivity index (χ0) is 17.4. The van der Waals surface area contributed by atoms with Crippen LogP contribution in [0.25, 0.3) is 0 Å². The van der Waals surface area contributed by atoms with Crippen LogP contribution in [-0.2, 0) is 25.5 Å². The second kappa shape index (κ2) is 9.42. The van der Waals surface area contributed by atoms with Crippen molar-refractivity contribution in [2.45, 2.75) is 26.2 Å². The normalized spacial score (nSPS) is 18.9. The van der Waals surface area contributed by atoms with Crippen molar-refractivity contribution in [3.63, 3.8) is 0 Å². The van der Waals surface area contributed by atoms with Gasteiger partial charge in [-0.3, -0.25) is 9.59 Å². The summed E-state index contributed by atoms with van der Waals surface area (Å²) in [4.78, 5) is 25.8. The first-order valence-electron chi connectivity index (χ1n) is 8.63. The Bertz CT molecular complexity index is 531. The fourth-order valence-electron chi connectivity index (χ4n) is 2.92. The van der Waals surface area contributed by atoms with Crippen LogP contribution in [0.5, 0.6) is 0 Å². The molecule has 24 heavy (non-hydrogen) atoms. The van der Waals surface area contributed by atoms with Gasteiger partial charge in [0.25, 0.3) is 0 Å². The van der Waals surface area contributed by atoms with Gasteiger partial charge in [-0.2, -0.15) is 0 Å². The smallest absolute Gasteiger partial charge is 0.309 e. The molecule has 1 amide bonds.